The molecule has 0 bridgehead atoms. The van der Waals surface area contributed by atoms with Gasteiger partial charge in [0, 0.05) is 39.8 Å². The molecule has 11 heteroatoms. The highest BCUT2D eigenvalue weighted by molar-refractivity contribution is 7.99. The van der Waals surface area contributed by atoms with E-state index in [2.05, 4.69) is 20.4 Å². The van der Waals surface area contributed by atoms with Gasteiger partial charge in [-0.1, -0.05) is 50.4 Å². The summed E-state index contributed by atoms with van der Waals surface area (Å²) in [6, 6.07) is 0. The molecule has 0 saturated carbocycles. The molecule has 2 aromatic heterocycles. The van der Waals surface area contributed by atoms with Crippen LogP contribution in [0.15, 0.2) is 0 Å². The SMILES string of the molecule is CC(C)CC(=O)N(C)c1nnc(CCSCCc2nnc(N(C)C(=O)CC(C)C)s2)s1. The predicted octanol–water partition coefficient (Wildman–Crippen LogP) is 3.93. The van der Waals surface area contributed by atoms with Crippen molar-refractivity contribution in [1.29, 1.82) is 0 Å². The average molecular weight is 485 g/mol. The summed E-state index contributed by atoms with van der Waals surface area (Å²) in [6.07, 6.45) is 2.66. The highest BCUT2D eigenvalue weighted by Gasteiger charge is 2.18. The van der Waals surface area contributed by atoms with E-state index in [1.165, 1.54) is 22.7 Å². The van der Waals surface area contributed by atoms with Crippen molar-refractivity contribution in [3.8, 4) is 0 Å². The summed E-state index contributed by atoms with van der Waals surface area (Å²) in [5.41, 5.74) is 0. The zero-order valence-corrected chi connectivity index (χ0v) is 21.6. The smallest absolute Gasteiger partial charge is 0.228 e. The second kappa shape index (κ2) is 12.4. The Bertz CT molecular complexity index is 783. The average Bonchev–Trinajstić information content (AvgIpc) is 3.35. The van der Waals surface area contributed by atoms with Gasteiger partial charge in [0.2, 0.25) is 22.1 Å². The van der Waals surface area contributed by atoms with Gasteiger partial charge in [-0.05, 0) is 23.3 Å². The number of aromatic nitrogens is 4. The highest BCUT2D eigenvalue weighted by Crippen LogP contribution is 2.24. The van der Waals surface area contributed by atoms with Crippen molar-refractivity contribution in [3.63, 3.8) is 0 Å². The fraction of sp³-hybridized carbons (Fsp3) is 0.700. The summed E-state index contributed by atoms with van der Waals surface area (Å²) in [5, 5.41) is 19.9. The van der Waals surface area contributed by atoms with Gasteiger partial charge in [-0.2, -0.15) is 11.8 Å². The molecule has 0 N–H and O–H groups in total. The third kappa shape index (κ3) is 8.46. The molecular weight excluding hydrogens is 452 g/mol. The zero-order valence-electron chi connectivity index (χ0n) is 19.1. The Kier molecular flexibility index (Phi) is 10.3. The molecule has 0 aliphatic heterocycles. The van der Waals surface area contributed by atoms with Gasteiger partial charge in [-0.15, -0.1) is 20.4 Å². The van der Waals surface area contributed by atoms with Gasteiger partial charge in [0.05, 0.1) is 0 Å². The van der Waals surface area contributed by atoms with Crippen LogP contribution >= 0.6 is 34.4 Å². The molecule has 0 aliphatic carbocycles. The van der Waals surface area contributed by atoms with Crippen LogP contribution in [0.5, 0.6) is 0 Å². The first-order valence-electron chi connectivity index (χ1n) is 10.4. The van der Waals surface area contributed by atoms with Crippen LogP contribution < -0.4 is 9.80 Å². The fourth-order valence-corrected chi connectivity index (χ4v) is 5.34. The summed E-state index contributed by atoms with van der Waals surface area (Å²) < 4.78 is 0. The van der Waals surface area contributed by atoms with Gasteiger partial charge in [-0.3, -0.25) is 19.4 Å². The molecule has 0 radical (unpaired) electrons. The van der Waals surface area contributed by atoms with Crippen molar-refractivity contribution in [1.82, 2.24) is 20.4 Å². The number of nitrogens with zero attached hydrogens (tertiary/aromatic N) is 6. The maximum atomic E-state index is 12.2. The number of anilines is 2. The van der Waals surface area contributed by atoms with Crippen LogP contribution in [-0.2, 0) is 22.4 Å². The molecule has 0 aromatic carbocycles. The maximum Gasteiger partial charge on any atom is 0.228 e. The molecule has 0 unspecified atom stereocenters. The van der Waals surface area contributed by atoms with E-state index in [0.29, 0.717) is 34.9 Å². The first-order valence-corrected chi connectivity index (χ1v) is 13.2. The van der Waals surface area contributed by atoms with Gasteiger partial charge in [0.1, 0.15) is 10.0 Å². The summed E-state index contributed by atoms with van der Waals surface area (Å²) in [4.78, 5) is 27.5. The van der Waals surface area contributed by atoms with Gasteiger partial charge in [0.25, 0.3) is 0 Å². The summed E-state index contributed by atoms with van der Waals surface area (Å²) in [6.45, 7) is 8.12. The molecule has 8 nitrogen and oxygen atoms in total. The monoisotopic (exact) mass is 484 g/mol. The van der Waals surface area contributed by atoms with Gasteiger partial charge in [-0.25, -0.2) is 0 Å². The number of hydrogen-bond donors (Lipinski definition) is 0. The number of carbonyl (C=O) groups is 2. The molecule has 0 aliphatic rings. The Balaban J connectivity index is 1.71. The standard InChI is InChI=1S/C20H32N6O2S3/c1-13(2)11-17(27)25(5)19-23-21-15(30-19)7-9-29-10-8-16-22-24-20(31-16)26(6)18(28)12-14(3)4/h13-14H,7-12H2,1-6H3. The minimum atomic E-state index is 0.0695. The Morgan fingerprint density at radius 3 is 1.52 bits per heavy atom. The second-order valence-corrected chi connectivity index (χ2v) is 11.5. The topological polar surface area (TPSA) is 92.2 Å². The Labute approximate surface area is 196 Å². The number of hydrogen-bond acceptors (Lipinski definition) is 9. The number of thioether (sulfide) groups is 1. The molecule has 0 atom stereocenters. The first-order chi connectivity index (χ1) is 14.7. The van der Waals surface area contributed by atoms with Crippen molar-refractivity contribution in [2.24, 2.45) is 11.8 Å². The lowest BCUT2D eigenvalue weighted by atomic mass is 10.1. The molecule has 0 saturated heterocycles. The summed E-state index contributed by atoms with van der Waals surface area (Å²) in [5.74, 6) is 2.64. The molecule has 31 heavy (non-hydrogen) atoms. The van der Waals surface area contributed by atoms with E-state index in [1.54, 1.807) is 23.9 Å². The second-order valence-electron chi connectivity index (χ2n) is 8.17. The van der Waals surface area contributed by atoms with E-state index in [4.69, 9.17) is 0 Å². The van der Waals surface area contributed by atoms with Crippen LogP contribution in [0.1, 0.15) is 50.6 Å². The van der Waals surface area contributed by atoms with Crippen LogP contribution in [0.4, 0.5) is 10.3 Å². The van der Waals surface area contributed by atoms with E-state index in [9.17, 15) is 9.59 Å². The van der Waals surface area contributed by atoms with Crippen molar-refractivity contribution < 1.29 is 9.59 Å². The Morgan fingerprint density at radius 2 is 1.16 bits per heavy atom. The van der Waals surface area contributed by atoms with E-state index >= 15 is 0 Å². The number of aryl methyl sites for hydroxylation is 2. The zero-order chi connectivity index (χ0) is 23.0. The van der Waals surface area contributed by atoms with Crippen molar-refractivity contribution in [3.05, 3.63) is 10.0 Å². The van der Waals surface area contributed by atoms with Gasteiger partial charge < -0.3 is 0 Å². The molecule has 0 fully saturated rings. The number of amides is 2. The van der Waals surface area contributed by atoms with Gasteiger partial charge >= 0.3 is 0 Å². The molecule has 172 valence electrons. The van der Waals surface area contributed by atoms with E-state index in [1.807, 2.05) is 39.5 Å². The molecule has 2 amide bonds. The minimum Gasteiger partial charge on any atom is -0.290 e. The number of rotatable bonds is 12. The maximum absolute atomic E-state index is 12.2. The highest BCUT2D eigenvalue weighted by atomic mass is 32.2. The Morgan fingerprint density at radius 1 is 0.774 bits per heavy atom. The molecule has 2 heterocycles. The molecular formula is C20H32N6O2S3. The minimum absolute atomic E-state index is 0.0695. The van der Waals surface area contributed by atoms with Crippen molar-refractivity contribution in [2.45, 2.75) is 53.4 Å². The fourth-order valence-electron chi connectivity index (χ4n) is 2.57. The predicted molar refractivity (Wildman–Crippen MR) is 130 cm³/mol. The van der Waals surface area contributed by atoms with Crippen LogP contribution in [0.25, 0.3) is 0 Å². The molecule has 2 rings (SSSR count). The lowest BCUT2D eigenvalue weighted by Gasteiger charge is -2.14. The van der Waals surface area contributed by atoms with Crippen molar-refractivity contribution in [2.75, 3.05) is 35.4 Å². The van der Waals surface area contributed by atoms with Crippen molar-refractivity contribution >= 4 is 56.5 Å². The first kappa shape index (κ1) is 25.7. The normalized spacial score (nSPS) is 11.4. The third-order valence-electron chi connectivity index (χ3n) is 4.32. The van der Waals surface area contributed by atoms with E-state index < -0.39 is 0 Å². The lowest BCUT2D eigenvalue weighted by molar-refractivity contribution is -0.119. The lowest BCUT2D eigenvalue weighted by Crippen LogP contribution is -2.27. The van der Waals surface area contributed by atoms with Crippen LogP contribution in [0.3, 0.4) is 0 Å². The van der Waals surface area contributed by atoms with Crippen LogP contribution in [0, 0.1) is 11.8 Å². The summed E-state index contributed by atoms with van der Waals surface area (Å²) >= 11 is 4.78. The van der Waals surface area contributed by atoms with Crippen LogP contribution in [0.2, 0.25) is 0 Å². The largest absolute Gasteiger partial charge is 0.290 e. The Hall–Kier alpha value is -1.59. The van der Waals surface area contributed by atoms with Gasteiger partial charge in [0.15, 0.2) is 0 Å². The van der Waals surface area contributed by atoms with Crippen LogP contribution in [-0.4, -0.2) is 57.8 Å². The van der Waals surface area contributed by atoms with E-state index in [0.717, 1.165) is 34.4 Å². The number of carbonyl (C=O) groups excluding carboxylic acids is 2. The van der Waals surface area contributed by atoms with E-state index in [-0.39, 0.29) is 11.8 Å². The summed E-state index contributed by atoms with van der Waals surface area (Å²) in [7, 11) is 3.52. The third-order valence-corrected chi connectivity index (χ3v) is 7.43. The quantitative estimate of drug-likeness (QED) is 0.422. The molecule has 2 aromatic rings. The molecule has 0 spiro atoms.